The molecule has 7 heteroatoms. The number of hydrogen-bond acceptors (Lipinski definition) is 5. The van der Waals surface area contributed by atoms with Crippen molar-refractivity contribution in [2.24, 2.45) is 0 Å². The Balaban J connectivity index is 1.74. The number of sulfone groups is 1. The summed E-state index contributed by atoms with van der Waals surface area (Å²) in [4.78, 5) is 11.7. The van der Waals surface area contributed by atoms with Crippen LogP contribution in [-0.2, 0) is 33.2 Å². The Hall–Kier alpha value is -2.22. The molecule has 3 rings (SSSR count). The predicted molar refractivity (Wildman–Crippen MR) is 118 cm³/mol. The van der Waals surface area contributed by atoms with E-state index < -0.39 is 22.0 Å². The molecule has 1 heterocycles. The Labute approximate surface area is 178 Å². The summed E-state index contributed by atoms with van der Waals surface area (Å²) in [6, 6.07) is 14.7. The molecule has 1 amide bonds. The molecule has 2 aromatic rings. The van der Waals surface area contributed by atoms with Gasteiger partial charge in [0, 0.05) is 19.5 Å². The number of carbonyl (C=O) groups is 1. The highest BCUT2D eigenvalue weighted by Gasteiger charge is 2.31. The largest absolute Gasteiger partial charge is 0.390 e. The number of aryl methyl sites for hydroxylation is 1. The maximum Gasteiger partial charge on any atom is 0.217 e. The van der Waals surface area contributed by atoms with Crippen molar-refractivity contribution < 1.29 is 18.3 Å². The molecule has 1 aliphatic heterocycles. The zero-order valence-corrected chi connectivity index (χ0v) is 18.3. The van der Waals surface area contributed by atoms with Crippen LogP contribution in [0.5, 0.6) is 0 Å². The van der Waals surface area contributed by atoms with Gasteiger partial charge in [0.2, 0.25) is 5.91 Å². The molecular weight excluding hydrogens is 400 g/mol. The quantitative estimate of drug-likeness (QED) is 0.595. The molecule has 30 heavy (non-hydrogen) atoms. The van der Waals surface area contributed by atoms with Crippen molar-refractivity contribution in [3.05, 3.63) is 70.8 Å². The van der Waals surface area contributed by atoms with E-state index in [0.29, 0.717) is 6.42 Å². The number of nitrogens with one attached hydrogen (secondary N) is 2. The molecular formula is C23H30N2O4S. The fourth-order valence-electron chi connectivity index (χ4n) is 3.95. The van der Waals surface area contributed by atoms with Gasteiger partial charge in [-0.3, -0.25) is 4.79 Å². The van der Waals surface area contributed by atoms with Crippen LogP contribution in [0.1, 0.15) is 42.1 Å². The molecule has 0 saturated heterocycles. The van der Waals surface area contributed by atoms with Crippen molar-refractivity contribution >= 4 is 15.7 Å². The summed E-state index contributed by atoms with van der Waals surface area (Å²) in [5.74, 6) is -0.160. The lowest BCUT2D eigenvalue weighted by Crippen LogP contribution is -2.49. The topological polar surface area (TPSA) is 95.5 Å². The van der Waals surface area contributed by atoms with Gasteiger partial charge >= 0.3 is 0 Å². The third kappa shape index (κ3) is 5.90. The maximum absolute atomic E-state index is 12.4. The zero-order chi connectivity index (χ0) is 21.7. The summed E-state index contributed by atoms with van der Waals surface area (Å²) in [7, 11) is -3.21. The van der Waals surface area contributed by atoms with Gasteiger partial charge in [-0.15, -0.1) is 0 Å². The molecule has 0 aromatic heterocycles. The molecule has 1 aliphatic rings. The molecule has 3 atom stereocenters. The SMILES string of the molecule is CCc1ccc2c(c1)C(NC[C@@H](O)[C@H](Cc1ccccc1)NC(C)=O)CS(=O)(=O)C2. The first-order chi connectivity index (χ1) is 14.3. The highest BCUT2D eigenvalue weighted by atomic mass is 32.2. The van der Waals surface area contributed by atoms with Crippen LogP contribution in [0.3, 0.4) is 0 Å². The molecule has 0 bridgehead atoms. The van der Waals surface area contributed by atoms with Gasteiger partial charge in [0.15, 0.2) is 9.84 Å². The Morgan fingerprint density at radius 1 is 1.17 bits per heavy atom. The van der Waals surface area contributed by atoms with Crippen LogP contribution in [0.25, 0.3) is 0 Å². The average Bonchev–Trinajstić information content (AvgIpc) is 2.70. The number of benzene rings is 2. The third-order valence-electron chi connectivity index (χ3n) is 5.51. The van der Waals surface area contributed by atoms with Crippen molar-refractivity contribution in [1.82, 2.24) is 10.6 Å². The molecule has 0 spiro atoms. The van der Waals surface area contributed by atoms with Crippen LogP contribution in [0, 0.1) is 0 Å². The van der Waals surface area contributed by atoms with Crippen molar-refractivity contribution in [1.29, 1.82) is 0 Å². The monoisotopic (exact) mass is 430 g/mol. The molecule has 0 radical (unpaired) electrons. The van der Waals surface area contributed by atoms with Crippen molar-refractivity contribution in [3.63, 3.8) is 0 Å². The van der Waals surface area contributed by atoms with E-state index in [2.05, 4.69) is 23.6 Å². The van der Waals surface area contributed by atoms with E-state index in [4.69, 9.17) is 0 Å². The lowest BCUT2D eigenvalue weighted by molar-refractivity contribution is -0.120. The van der Waals surface area contributed by atoms with Gasteiger partial charge in [0.25, 0.3) is 0 Å². The van der Waals surface area contributed by atoms with Crippen LogP contribution in [0.4, 0.5) is 0 Å². The number of hydrogen-bond donors (Lipinski definition) is 3. The van der Waals surface area contributed by atoms with Gasteiger partial charge in [-0.1, -0.05) is 55.5 Å². The molecule has 2 aromatic carbocycles. The normalized spacial score (nSPS) is 19.5. The van der Waals surface area contributed by atoms with Gasteiger partial charge in [0.1, 0.15) is 0 Å². The van der Waals surface area contributed by atoms with Crippen LogP contribution < -0.4 is 10.6 Å². The molecule has 6 nitrogen and oxygen atoms in total. The van der Waals surface area contributed by atoms with E-state index in [9.17, 15) is 18.3 Å². The van der Waals surface area contributed by atoms with E-state index in [0.717, 1.165) is 28.7 Å². The summed E-state index contributed by atoms with van der Waals surface area (Å²) in [6.45, 7) is 3.66. The number of fused-ring (bicyclic) bond motifs is 1. The second kappa shape index (κ2) is 9.73. The Kier molecular flexibility index (Phi) is 7.28. The summed E-state index contributed by atoms with van der Waals surface area (Å²) in [5, 5.41) is 16.9. The minimum Gasteiger partial charge on any atom is -0.390 e. The Morgan fingerprint density at radius 2 is 1.90 bits per heavy atom. The van der Waals surface area contributed by atoms with Crippen LogP contribution in [0.2, 0.25) is 0 Å². The fraction of sp³-hybridized carbons (Fsp3) is 0.435. The standard InChI is InChI=1S/C23H30N2O4S/c1-3-17-9-10-19-14-30(28,29)15-22(20(19)11-17)24-13-23(27)21(25-16(2)26)12-18-7-5-4-6-8-18/h4-11,21-24,27H,3,12-15H2,1-2H3,(H,25,26)/t21-,22?,23+/m0/s1. The minimum atomic E-state index is -3.21. The maximum atomic E-state index is 12.4. The summed E-state index contributed by atoms with van der Waals surface area (Å²) in [6.07, 6.45) is 0.497. The zero-order valence-electron chi connectivity index (χ0n) is 17.5. The number of carbonyl (C=O) groups excluding carboxylic acids is 1. The van der Waals surface area contributed by atoms with E-state index in [-0.39, 0.29) is 30.0 Å². The first kappa shape index (κ1) is 22.5. The van der Waals surface area contributed by atoms with Gasteiger partial charge < -0.3 is 15.7 Å². The Morgan fingerprint density at radius 3 is 2.57 bits per heavy atom. The van der Waals surface area contributed by atoms with E-state index in [1.165, 1.54) is 6.92 Å². The van der Waals surface area contributed by atoms with Gasteiger partial charge in [-0.05, 0) is 35.1 Å². The smallest absolute Gasteiger partial charge is 0.217 e. The molecule has 1 unspecified atom stereocenters. The fourth-order valence-corrected chi connectivity index (χ4v) is 5.61. The first-order valence-corrected chi connectivity index (χ1v) is 12.1. The van der Waals surface area contributed by atoms with Crippen LogP contribution in [-0.4, -0.2) is 43.9 Å². The highest BCUT2D eigenvalue weighted by molar-refractivity contribution is 7.90. The molecule has 0 saturated carbocycles. The lowest BCUT2D eigenvalue weighted by Gasteiger charge is -2.30. The van der Waals surface area contributed by atoms with Crippen LogP contribution in [0.15, 0.2) is 48.5 Å². The van der Waals surface area contributed by atoms with Gasteiger partial charge in [-0.25, -0.2) is 8.42 Å². The van der Waals surface area contributed by atoms with Crippen molar-refractivity contribution in [3.8, 4) is 0 Å². The highest BCUT2D eigenvalue weighted by Crippen LogP contribution is 2.29. The van der Waals surface area contributed by atoms with E-state index in [1.54, 1.807) is 0 Å². The van der Waals surface area contributed by atoms with Crippen molar-refractivity contribution in [2.45, 2.75) is 50.6 Å². The first-order valence-electron chi connectivity index (χ1n) is 10.3. The molecule has 0 fully saturated rings. The molecule has 162 valence electrons. The predicted octanol–water partition coefficient (Wildman–Crippen LogP) is 1.92. The molecule has 0 aliphatic carbocycles. The molecule has 3 N–H and O–H groups in total. The van der Waals surface area contributed by atoms with E-state index >= 15 is 0 Å². The number of aliphatic hydroxyl groups is 1. The lowest BCUT2D eigenvalue weighted by atomic mass is 9.97. The van der Waals surface area contributed by atoms with E-state index in [1.807, 2.05) is 42.5 Å². The van der Waals surface area contributed by atoms with Crippen LogP contribution >= 0.6 is 0 Å². The summed E-state index contributed by atoms with van der Waals surface area (Å²) in [5.41, 5.74) is 3.96. The van der Waals surface area contributed by atoms with Crippen molar-refractivity contribution in [2.75, 3.05) is 12.3 Å². The number of aliphatic hydroxyl groups excluding tert-OH is 1. The minimum absolute atomic E-state index is 0.00335. The number of amides is 1. The third-order valence-corrected chi connectivity index (χ3v) is 7.11. The second-order valence-electron chi connectivity index (χ2n) is 7.97. The summed E-state index contributed by atoms with van der Waals surface area (Å²) < 4.78 is 24.8. The van der Waals surface area contributed by atoms with Gasteiger partial charge in [0.05, 0.1) is 23.7 Å². The average molecular weight is 431 g/mol. The second-order valence-corrected chi connectivity index (χ2v) is 10.1. The summed E-state index contributed by atoms with van der Waals surface area (Å²) >= 11 is 0. The number of rotatable bonds is 8. The van der Waals surface area contributed by atoms with Gasteiger partial charge in [-0.2, -0.15) is 0 Å². The Bertz CT molecular complexity index is 976.